The smallest absolute Gasteiger partial charge is 0.417 e. The first-order chi connectivity index (χ1) is 26.9. The number of aliphatic carboxylic acids is 1. The molecule has 55 heavy (non-hydrogen) atoms. The minimum atomic E-state index is -1.46. The van der Waals surface area contributed by atoms with Crippen LogP contribution >= 0.6 is 0 Å². The summed E-state index contributed by atoms with van der Waals surface area (Å²) in [4.78, 5) is 62.8. The van der Waals surface area contributed by atoms with Crippen LogP contribution in [0.15, 0.2) is 151 Å². The topological polar surface area (TPSA) is 129 Å². The SMILES string of the molecule is O=C(O)[C@@H](N=C(c1ccccc1)c1ccccc1NC(=O)[C@@H]1CCCN1Cc1ccccc1)[C@H](CC(=O)N1C(=O)OC[C@@H]1c1ccccc1)c1ccccc1. The molecule has 0 unspecified atom stereocenters. The van der Waals surface area contributed by atoms with Crippen molar-refractivity contribution in [1.29, 1.82) is 0 Å². The maximum absolute atomic E-state index is 14.2. The maximum Gasteiger partial charge on any atom is 0.417 e. The van der Waals surface area contributed by atoms with Gasteiger partial charge in [-0.15, -0.1) is 0 Å². The molecule has 2 saturated heterocycles. The number of carbonyl (C=O) groups excluding carboxylic acids is 3. The van der Waals surface area contributed by atoms with Crippen LogP contribution in [0.3, 0.4) is 0 Å². The first-order valence-corrected chi connectivity index (χ1v) is 18.5. The second kappa shape index (κ2) is 17.2. The molecule has 0 spiro atoms. The number of carboxylic acids is 1. The predicted molar refractivity (Wildman–Crippen MR) is 210 cm³/mol. The Hall–Kier alpha value is -6.39. The van der Waals surface area contributed by atoms with E-state index in [1.54, 1.807) is 30.3 Å². The quantitative estimate of drug-likeness (QED) is 0.120. The Kier molecular flexibility index (Phi) is 11.5. The Morgan fingerprint density at radius 3 is 2.11 bits per heavy atom. The molecule has 2 aliphatic heterocycles. The average Bonchev–Trinajstić information content (AvgIpc) is 3.85. The lowest BCUT2D eigenvalue weighted by molar-refractivity contribution is -0.139. The number of hydrogen-bond acceptors (Lipinski definition) is 7. The fourth-order valence-electron chi connectivity index (χ4n) is 7.51. The van der Waals surface area contributed by atoms with Crippen LogP contribution in [0.1, 0.15) is 59.0 Å². The van der Waals surface area contributed by atoms with Crippen molar-refractivity contribution in [2.45, 2.75) is 49.9 Å². The van der Waals surface area contributed by atoms with Gasteiger partial charge in [0.25, 0.3) is 0 Å². The number of para-hydroxylation sites is 1. The molecule has 0 bridgehead atoms. The maximum atomic E-state index is 14.2. The van der Waals surface area contributed by atoms with Crippen molar-refractivity contribution in [3.05, 3.63) is 173 Å². The number of carboxylic acid groups (broad SMARTS) is 1. The molecule has 5 aromatic rings. The first kappa shape index (κ1) is 36.9. The van der Waals surface area contributed by atoms with Crippen LogP contribution in [0.4, 0.5) is 10.5 Å². The number of likely N-dealkylation sites (tertiary alicyclic amines) is 1. The number of rotatable bonds is 13. The third-order valence-corrected chi connectivity index (χ3v) is 10.2. The van der Waals surface area contributed by atoms with E-state index in [1.807, 2.05) is 103 Å². The molecule has 2 heterocycles. The minimum absolute atomic E-state index is 0.00334. The molecule has 0 saturated carbocycles. The molecule has 4 atom stereocenters. The number of imide groups is 1. The minimum Gasteiger partial charge on any atom is -0.480 e. The molecule has 10 nitrogen and oxygen atoms in total. The summed E-state index contributed by atoms with van der Waals surface area (Å²) in [6, 6.07) is 42.1. The van der Waals surface area contributed by atoms with Crippen molar-refractivity contribution in [3.63, 3.8) is 0 Å². The number of ether oxygens (including phenoxy) is 1. The number of benzene rings is 5. The lowest BCUT2D eigenvalue weighted by Crippen LogP contribution is -2.39. The van der Waals surface area contributed by atoms with E-state index >= 15 is 0 Å². The average molecular weight is 735 g/mol. The Balaban J connectivity index is 1.24. The second-order valence-electron chi connectivity index (χ2n) is 13.8. The van der Waals surface area contributed by atoms with E-state index in [0.717, 1.165) is 29.0 Å². The van der Waals surface area contributed by atoms with Gasteiger partial charge in [0.2, 0.25) is 11.8 Å². The van der Waals surface area contributed by atoms with Crippen LogP contribution in [-0.4, -0.2) is 69.7 Å². The summed E-state index contributed by atoms with van der Waals surface area (Å²) < 4.78 is 5.33. The van der Waals surface area contributed by atoms with Crippen LogP contribution < -0.4 is 5.32 Å². The zero-order valence-electron chi connectivity index (χ0n) is 30.2. The standard InChI is InChI=1S/C45H42N4O6/c50-40(49-39(30-55-45(49)54)33-20-9-3-10-21-33)28-36(32-18-7-2-8-19-32)42(44(52)53)47-41(34-22-11-4-12-23-34)35-24-13-14-25-37(35)46-43(51)38-26-15-27-48(38)29-31-16-5-1-6-17-31/h1-14,16-25,36,38-39,42H,15,26-30H2,(H,46,51)(H,52,53)/t36-,38+,39-,42+/m1/s1. The summed E-state index contributed by atoms with van der Waals surface area (Å²) in [7, 11) is 0. The van der Waals surface area contributed by atoms with Crippen LogP contribution in [0, 0.1) is 0 Å². The number of carbonyl (C=O) groups is 4. The zero-order valence-corrected chi connectivity index (χ0v) is 30.2. The van der Waals surface area contributed by atoms with Crippen molar-refractivity contribution in [2.24, 2.45) is 4.99 Å². The highest BCUT2D eigenvalue weighted by molar-refractivity contribution is 6.18. The molecule has 2 N–H and O–H groups in total. The van der Waals surface area contributed by atoms with Gasteiger partial charge >= 0.3 is 12.1 Å². The van der Waals surface area contributed by atoms with Gasteiger partial charge in [-0.3, -0.25) is 19.5 Å². The molecule has 7 rings (SSSR count). The summed E-state index contributed by atoms with van der Waals surface area (Å²) in [6.07, 6.45) is 0.497. The number of aliphatic imine (C=N–C) groups is 1. The highest BCUT2D eigenvalue weighted by atomic mass is 16.6. The Morgan fingerprint density at radius 1 is 0.800 bits per heavy atom. The van der Waals surface area contributed by atoms with E-state index in [9.17, 15) is 24.3 Å². The number of cyclic esters (lactones) is 1. The van der Waals surface area contributed by atoms with Gasteiger partial charge in [0.05, 0.1) is 17.4 Å². The number of nitrogens with zero attached hydrogens (tertiary/aromatic N) is 3. The summed E-state index contributed by atoms with van der Waals surface area (Å²) in [5, 5.41) is 14.1. The van der Waals surface area contributed by atoms with Crippen molar-refractivity contribution in [3.8, 4) is 0 Å². The molecular formula is C45H42N4O6. The Labute approximate surface area is 320 Å². The van der Waals surface area contributed by atoms with E-state index < -0.39 is 36.0 Å². The van der Waals surface area contributed by atoms with Crippen LogP contribution in [0.25, 0.3) is 0 Å². The number of hydrogen-bond donors (Lipinski definition) is 2. The fraction of sp³-hybridized carbons (Fsp3) is 0.222. The van der Waals surface area contributed by atoms with Crippen LogP contribution in [0.5, 0.6) is 0 Å². The van der Waals surface area contributed by atoms with E-state index in [2.05, 4.69) is 22.3 Å². The molecule has 5 aromatic carbocycles. The first-order valence-electron chi connectivity index (χ1n) is 18.5. The second-order valence-corrected chi connectivity index (χ2v) is 13.8. The molecule has 0 aliphatic carbocycles. The van der Waals surface area contributed by atoms with Crippen molar-refractivity contribution < 1.29 is 29.0 Å². The largest absolute Gasteiger partial charge is 0.480 e. The number of nitrogens with one attached hydrogen (secondary N) is 1. The van der Waals surface area contributed by atoms with Gasteiger partial charge in [-0.25, -0.2) is 14.5 Å². The van der Waals surface area contributed by atoms with E-state index in [1.165, 1.54) is 0 Å². The van der Waals surface area contributed by atoms with Crippen molar-refractivity contribution in [2.75, 3.05) is 18.5 Å². The fourth-order valence-corrected chi connectivity index (χ4v) is 7.51. The molecule has 0 radical (unpaired) electrons. The third-order valence-electron chi connectivity index (χ3n) is 10.2. The van der Waals surface area contributed by atoms with Gasteiger partial charge < -0.3 is 15.2 Å². The number of amides is 3. The van der Waals surface area contributed by atoms with E-state index in [4.69, 9.17) is 9.73 Å². The summed E-state index contributed by atoms with van der Waals surface area (Å²) >= 11 is 0. The van der Waals surface area contributed by atoms with Crippen molar-refractivity contribution in [1.82, 2.24) is 9.80 Å². The third kappa shape index (κ3) is 8.55. The molecule has 2 fully saturated rings. The van der Waals surface area contributed by atoms with Gasteiger partial charge in [0.1, 0.15) is 12.6 Å². The molecular weight excluding hydrogens is 693 g/mol. The van der Waals surface area contributed by atoms with Gasteiger partial charge in [-0.05, 0) is 42.1 Å². The Morgan fingerprint density at radius 2 is 1.42 bits per heavy atom. The number of anilines is 1. The van der Waals surface area contributed by atoms with Crippen molar-refractivity contribution >= 4 is 35.3 Å². The molecule has 10 heteroatoms. The highest BCUT2D eigenvalue weighted by Crippen LogP contribution is 2.34. The molecule has 0 aromatic heterocycles. The van der Waals surface area contributed by atoms with Gasteiger partial charge in [0.15, 0.2) is 6.04 Å². The van der Waals surface area contributed by atoms with Gasteiger partial charge in [-0.1, -0.05) is 140 Å². The van der Waals surface area contributed by atoms with Crippen LogP contribution in [0.2, 0.25) is 0 Å². The van der Waals surface area contributed by atoms with E-state index in [0.29, 0.717) is 41.1 Å². The normalized spacial score (nSPS) is 18.4. The lowest BCUT2D eigenvalue weighted by atomic mass is 9.87. The predicted octanol–water partition coefficient (Wildman–Crippen LogP) is 7.47. The summed E-state index contributed by atoms with van der Waals surface area (Å²) in [6.45, 7) is 1.45. The highest BCUT2D eigenvalue weighted by Gasteiger charge is 2.42. The molecule has 3 amide bonds. The summed E-state index contributed by atoms with van der Waals surface area (Å²) in [5.41, 5.74) is 4.43. The molecule has 278 valence electrons. The van der Waals surface area contributed by atoms with Crippen LogP contribution in [-0.2, 0) is 25.7 Å². The Bertz CT molecular complexity index is 2150. The monoisotopic (exact) mass is 734 g/mol. The molecule has 2 aliphatic rings. The van der Waals surface area contributed by atoms with Gasteiger partial charge in [-0.2, -0.15) is 0 Å². The lowest BCUT2D eigenvalue weighted by Gasteiger charge is -2.26. The van der Waals surface area contributed by atoms with E-state index in [-0.39, 0.29) is 25.0 Å². The zero-order chi connectivity index (χ0) is 38.1. The van der Waals surface area contributed by atoms with Gasteiger partial charge in [0, 0.05) is 30.0 Å². The summed E-state index contributed by atoms with van der Waals surface area (Å²) in [5.74, 6) is -2.94.